The number of benzene rings is 2. The van der Waals surface area contributed by atoms with Gasteiger partial charge < -0.3 is 14.6 Å². The van der Waals surface area contributed by atoms with Crippen LogP contribution in [-0.4, -0.2) is 40.8 Å². The Morgan fingerprint density at radius 3 is 2.79 bits per heavy atom. The minimum Gasteiger partial charge on any atom is -0.448 e. The molecule has 7 heteroatoms. The van der Waals surface area contributed by atoms with Crippen molar-refractivity contribution in [1.82, 2.24) is 15.2 Å². The Bertz CT molecular complexity index is 1350. The summed E-state index contributed by atoms with van der Waals surface area (Å²) in [4.78, 5) is 32.0. The maximum atomic E-state index is 14.2. The molecule has 0 unspecified atom stereocenters. The molecule has 1 aliphatic rings. The molecule has 0 saturated carbocycles. The molecule has 0 radical (unpaired) electrons. The number of hydrogen-bond donors (Lipinski definition) is 1. The Kier molecular flexibility index (Phi) is 5.38. The SMILES string of the molecule is Cc1c(C(=O)N2CCNC(=O)[C@@H]2Cc2cccc(-c3cccnc3)c2)oc2c(F)cccc12. The van der Waals surface area contributed by atoms with Crippen molar-refractivity contribution in [2.75, 3.05) is 13.1 Å². The molecule has 1 aliphatic heterocycles. The van der Waals surface area contributed by atoms with Crippen molar-refractivity contribution >= 4 is 22.8 Å². The second kappa shape index (κ2) is 8.50. The zero-order valence-electron chi connectivity index (χ0n) is 18.0. The number of amides is 2. The van der Waals surface area contributed by atoms with Crippen LogP contribution < -0.4 is 5.32 Å². The lowest BCUT2D eigenvalue weighted by molar-refractivity contribution is -0.127. The van der Waals surface area contributed by atoms with E-state index >= 15 is 0 Å². The summed E-state index contributed by atoms with van der Waals surface area (Å²) in [5, 5.41) is 3.41. The minimum absolute atomic E-state index is 0.0560. The molecule has 0 aliphatic carbocycles. The van der Waals surface area contributed by atoms with E-state index in [9.17, 15) is 14.0 Å². The first kappa shape index (κ1) is 20.9. The fourth-order valence-corrected chi connectivity index (χ4v) is 4.34. The highest BCUT2D eigenvalue weighted by molar-refractivity contribution is 6.01. The third-order valence-corrected chi connectivity index (χ3v) is 6.05. The Hall–Kier alpha value is -4.00. The van der Waals surface area contributed by atoms with E-state index in [1.165, 1.54) is 11.0 Å². The summed E-state index contributed by atoms with van der Waals surface area (Å²) in [5.74, 6) is -1.08. The number of furan rings is 1. The van der Waals surface area contributed by atoms with E-state index in [4.69, 9.17) is 4.42 Å². The number of pyridine rings is 1. The van der Waals surface area contributed by atoms with Crippen LogP contribution in [0.5, 0.6) is 0 Å². The second-order valence-electron chi connectivity index (χ2n) is 8.12. The molecule has 2 aromatic carbocycles. The third kappa shape index (κ3) is 3.86. The van der Waals surface area contributed by atoms with Gasteiger partial charge in [0.05, 0.1) is 0 Å². The predicted molar refractivity (Wildman–Crippen MR) is 122 cm³/mol. The third-order valence-electron chi connectivity index (χ3n) is 6.05. The maximum Gasteiger partial charge on any atom is 0.290 e. The van der Waals surface area contributed by atoms with Crippen LogP contribution >= 0.6 is 0 Å². The molecule has 2 amide bonds. The van der Waals surface area contributed by atoms with Gasteiger partial charge in [0, 0.05) is 42.9 Å². The van der Waals surface area contributed by atoms with Gasteiger partial charge in [0.15, 0.2) is 17.2 Å². The van der Waals surface area contributed by atoms with E-state index in [0.29, 0.717) is 30.5 Å². The van der Waals surface area contributed by atoms with Gasteiger partial charge in [0.1, 0.15) is 6.04 Å². The van der Waals surface area contributed by atoms with Gasteiger partial charge >= 0.3 is 0 Å². The van der Waals surface area contributed by atoms with Crippen LogP contribution in [0.25, 0.3) is 22.1 Å². The first-order chi connectivity index (χ1) is 16.0. The fraction of sp³-hybridized carbons (Fsp3) is 0.192. The number of halogens is 1. The van der Waals surface area contributed by atoms with E-state index in [0.717, 1.165) is 16.7 Å². The fourth-order valence-electron chi connectivity index (χ4n) is 4.34. The molecule has 6 nitrogen and oxygen atoms in total. The van der Waals surface area contributed by atoms with Gasteiger partial charge in [0.25, 0.3) is 5.91 Å². The van der Waals surface area contributed by atoms with E-state index in [2.05, 4.69) is 10.3 Å². The number of rotatable bonds is 4. The summed E-state index contributed by atoms with van der Waals surface area (Å²) in [6, 6.07) is 15.6. The summed E-state index contributed by atoms with van der Waals surface area (Å²) in [5.41, 5.74) is 3.50. The number of aromatic nitrogens is 1. The van der Waals surface area contributed by atoms with Gasteiger partial charge in [-0.05, 0) is 35.7 Å². The van der Waals surface area contributed by atoms with Crippen LogP contribution in [0.15, 0.2) is 71.4 Å². The number of carbonyl (C=O) groups is 2. The summed E-state index contributed by atoms with van der Waals surface area (Å²) in [6.07, 6.45) is 3.85. The maximum absolute atomic E-state index is 14.2. The molecule has 33 heavy (non-hydrogen) atoms. The molecule has 1 fully saturated rings. The van der Waals surface area contributed by atoms with Crippen LogP contribution in [-0.2, 0) is 11.2 Å². The molecule has 5 rings (SSSR count). The summed E-state index contributed by atoms with van der Waals surface area (Å²) >= 11 is 0. The number of nitrogens with one attached hydrogen (secondary N) is 1. The van der Waals surface area contributed by atoms with E-state index < -0.39 is 17.8 Å². The molecule has 2 aromatic heterocycles. The number of hydrogen-bond acceptors (Lipinski definition) is 4. The van der Waals surface area contributed by atoms with Crippen LogP contribution in [0.2, 0.25) is 0 Å². The molecular formula is C26H22FN3O3. The number of para-hydroxylation sites is 1. The van der Waals surface area contributed by atoms with Crippen LogP contribution in [0, 0.1) is 12.7 Å². The largest absolute Gasteiger partial charge is 0.448 e. The van der Waals surface area contributed by atoms with Gasteiger partial charge in [-0.1, -0.05) is 42.5 Å². The lowest BCUT2D eigenvalue weighted by atomic mass is 9.98. The van der Waals surface area contributed by atoms with Crippen molar-refractivity contribution in [3.05, 3.63) is 89.7 Å². The van der Waals surface area contributed by atoms with E-state index in [1.54, 1.807) is 31.5 Å². The number of nitrogens with zero attached hydrogens (tertiary/aromatic N) is 2. The monoisotopic (exact) mass is 443 g/mol. The lowest BCUT2D eigenvalue weighted by Crippen LogP contribution is -2.58. The highest BCUT2D eigenvalue weighted by Crippen LogP contribution is 2.29. The smallest absolute Gasteiger partial charge is 0.290 e. The van der Waals surface area contributed by atoms with Gasteiger partial charge in [-0.2, -0.15) is 0 Å². The Balaban J connectivity index is 1.46. The molecule has 0 bridgehead atoms. The molecule has 1 N–H and O–H groups in total. The topological polar surface area (TPSA) is 75.4 Å². The van der Waals surface area contributed by atoms with Crippen LogP contribution in [0.4, 0.5) is 4.39 Å². The Labute approximate surface area is 190 Å². The predicted octanol–water partition coefficient (Wildman–Crippen LogP) is 4.13. The molecule has 1 saturated heterocycles. The highest BCUT2D eigenvalue weighted by atomic mass is 19.1. The Morgan fingerprint density at radius 1 is 1.18 bits per heavy atom. The van der Waals surface area contributed by atoms with Crippen molar-refractivity contribution in [2.45, 2.75) is 19.4 Å². The van der Waals surface area contributed by atoms with Gasteiger partial charge in [-0.25, -0.2) is 4.39 Å². The average Bonchev–Trinajstić information content (AvgIpc) is 3.18. The van der Waals surface area contributed by atoms with Crippen molar-refractivity contribution in [3.8, 4) is 11.1 Å². The van der Waals surface area contributed by atoms with E-state index in [-0.39, 0.29) is 17.3 Å². The van der Waals surface area contributed by atoms with Crippen LogP contribution in [0.3, 0.4) is 0 Å². The molecule has 1 atom stereocenters. The second-order valence-corrected chi connectivity index (χ2v) is 8.12. The number of aryl methyl sites for hydroxylation is 1. The normalized spacial score (nSPS) is 16.1. The summed E-state index contributed by atoms with van der Waals surface area (Å²) in [6.45, 7) is 2.43. The number of fused-ring (bicyclic) bond motifs is 1. The summed E-state index contributed by atoms with van der Waals surface area (Å²) in [7, 11) is 0. The number of piperazine rings is 1. The zero-order chi connectivity index (χ0) is 22.9. The molecule has 0 spiro atoms. The van der Waals surface area contributed by atoms with Gasteiger partial charge in [-0.3, -0.25) is 14.6 Å². The first-order valence-corrected chi connectivity index (χ1v) is 10.8. The van der Waals surface area contributed by atoms with E-state index in [1.807, 2.05) is 36.4 Å². The molecular weight excluding hydrogens is 421 g/mol. The lowest BCUT2D eigenvalue weighted by Gasteiger charge is -2.34. The standard InChI is InChI=1S/C26H22FN3O3/c1-16-20-8-3-9-21(27)24(20)33-23(16)26(32)30-12-11-29-25(31)22(30)14-17-5-2-6-18(13-17)19-7-4-10-28-15-19/h2-10,13,15,22H,11-12,14H2,1H3,(H,29,31)/t22-/m0/s1. The molecule has 4 aromatic rings. The van der Waals surface area contributed by atoms with Gasteiger partial charge in [0.2, 0.25) is 5.91 Å². The summed E-state index contributed by atoms with van der Waals surface area (Å²) < 4.78 is 19.9. The average molecular weight is 443 g/mol. The minimum atomic E-state index is -0.701. The Morgan fingerprint density at radius 2 is 2.00 bits per heavy atom. The number of carbonyl (C=O) groups excluding carboxylic acids is 2. The molecule has 166 valence electrons. The van der Waals surface area contributed by atoms with Crippen LogP contribution in [0.1, 0.15) is 21.7 Å². The van der Waals surface area contributed by atoms with Crippen molar-refractivity contribution in [1.29, 1.82) is 0 Å². The van der Waals surface area contributed by atoms with Crippen molar-refractivity contribution in [2.24, 2.45) is 0 Å². The molecule has 3 heterocycles. The first-order valence-electron chi connectivity index (χ1n) is 10.8. The quantitative estimate of drug-likeness (QED) is 0.515. The van der Waals surface area contributed by atoms with Gasteiger partial charge in [-0.15, -0.1) is 0 Å². The van der Waals surface area contributed by atoms with Crippen molar-refractivity contribution in [3.63, 3.8) is 0 Å². The zero-order valence-corrected chi connectivity index (χ0v) is 18.0. The highest BCUT2D eigenvalue weighted by Gasteiger charge is 2.36. The van der Waals surface area contributed by atoms with Crippen molar-refractivity contribution < 1.29 is 18.4 Å².